The van der Waals surface area contributed by atoms with E-state index >= 15 is 0 Å². The number of likely N-dealkylation sites (tertiary alicyclic amines) is 1. The van der Waals surface area contributed by atoms with E-state index in [1.807, 2.05) is 11.3 Å². The van der Waals surface area contributed by atoms with Crippen molar-refractivity contribution in [3.63, 3.8) is 0 Å². The van der Waals surface area contributed by atoms with Crippen LogP contribution in [0, 0.1) is 23.2 Å². The molecule has 6 rings (SSSR count). The van der Waals surface area contributed by atoms with Crippen LogP contribution in [-0.4, -0.2) is 24.0 Å². The molecule has 1 aromatic heterocycles. The van der Waals surface area contributed by atoms with Crippen molar-refractivity contribution in [2.45, 2.75) is 63.8 Å². The minimum Gasteiger partial charge on any atom is -0.300 e. The fraction of sp³-hybridized carbons (Fsp3) is 0.800. The Hall–Kier alpha value is -0.0500. The minimum absolute atomic E-state index is 0. The molecule has 0 radical (unpaired) electrons. The first-order valence-electron chi connectivity index (χ1n) is 9.54. The summed E-state index contributed by atoms with van der Waals surface area (Å²) in [5, 5.41) is 2.31. The van der Waals surface area contributed by atoms with Gasteiger partial charge in [-0.05, 0) is 99.6 Å². The summed E-state index contributed by atoms with van der Waals surface area (Å²) in [5.74, 6) is 3.98. The number of hydrogen-bond acceptors (Lipinski definition) is 2. The number of hydrogen-bond donors (Lipinski definition) is 0. The predicted molar refractivity (Wildman–Crippen MR) is 101 cm³/mol. The Morgan fingerprint density at radius 2 is 1.83 bits per heavy atom. The van der Waals surface area contributed by atoms with Gasteiger partial charge in [0.15, 0.2) is 0 Å². The fourth-order valence-corrected chi connectivity index (χ4v) is 8.23. The van der Waals surface area contributed by atoms with Crippen LogP contribution in [0.2, 0.25) is 0 Å². The van der Waals surface area contributed by atoms with Crippen LogP contribution in [0.25, 0.3) is 0 Å². The van der Waals surface area contributed by atoms with Crippen molar-refractivity contribution < 1.29 is 0 Å². The molecule has 0 aromatic carbocycles. The SMILES string of the molecule is CC(N1CCCC1)C12CC3CC(CC(C3)C1c1cccs1)C2.Cl. The predicted octanol–water partition coefficient (Wildman–Crippen LogP) is 5.56. The van der Waals surface area contributed by atoms with Gasteiger partial charge >= 0.3 is 0 Å². The highest BCUT2D eigenvalue weighted by Gasteiger charge is 2.60. The first-order chi connectivity index (χ1) is 10.8. The summed E-state index contributed by atoms with van der Waals surface area (Å²) in [6.07, 6.45) is 10.5. The number of thiophene rings is 1. The quantitative estimate of drug-likeness (QED) is 0.688. The third kappa shape index (κ3) is 2.43. The average Bonchev–Trinajstić information content (AvgIpc) is 3.19. The van der Waals surface area contributed by atoms with Crippen LogP contribution in [0.15, 0.2) is 17.5 Å². The Bertz CT molecular complexity index is 522. The molecular weight excluding hydrogens is 322 g/mol. The number of rotatable bonds is 3. The second-order valence-electron chi connectivity index (χ2n) is 8.75. The maximum Gasteiger partial charge on any atom is 0.0130 e. The molecule has 4 bridgehead atoms. The molecule has 1 saturated heterocycles. The molecular formula is C20H30ClNS. The van der Waals surface area contributed by atoms with Crippen molar-refractivity contribution in [3.05, 3.63) is 22.4 Å². The summed E-state index contributed by atoms with van der Waals surface area (Å²) < 4.78 is 0. The monoisotopic (exact) mass is 351 g/mol. The Balaban J connectivity index is 0.00000135. The highest BCUT2D eigenvalue weighted by Crippen LogP contribution is 2.68. The van der Waals surface area contributed by atoms with Gasteiger partial charge in [-0.2, -0.15) is 0 Å². The summed E-state index contributed by atoms with van der Waals surface area (Å²) in [6.45, 7) is 5.32. The van der Waals surface area contributed by atoms with Crippen molar-refractivity contribution in [1.29, 1.82) is 0 Å². The first kappa shape index (κ1) is 16.4. The Kier molecular flexibility index (Phi) is 4.31. The zero-order chi connectivity index (χ0) is 14.7. The molecule has 4 unspecified atom stereocenters. The molecule has 4 saturated carbocycles. The molecule has 1 aromatic rings. The highest BCUT2D eigenvalue weighted by molar-refractivity contribution is 7.10. The molecule has 1 aliphatic heterocycles. The third-order valence-electron chi connectivity index (χ3n) is 7.74. The van der Waals surface area contributed by atoms with E-state index in [9.17, 15) is 0 Å². The van der Waals surface area contributed by atoms with Gasteiger partial charge in [0.05, 0.1) is 0 Å². The lowest BCUT2D eigenvalue weighted by molar-refractivity contribution is -0.112. The molecule has 5 fully saturated rings. The van der Waals surface area contributed by atoms with E-state index in [4.69, 9.17) is 0 Å². The van der Waals surface area contributed by atoms with E-state index in [0.717, 1.165) is 29.7 Å². The van der Waals surface area contributed by atoms with Gasteiger partial charge in [0.2, 0.25) is 0 Å². The van der Waals surface area contributed by atoms with E-state index in [1.165, 1.54) is 51.6 Å². The molecule has 0 amide bonds. The largest absolute Gasteiger partial charge is 0.300 e. The van der Waals surface area contributed by atoms with Crippen molar-refractivity contribution in [1.82, 2.24) is 4.90 Å². The van der Waals surface area contributed by atoms with E-state index in [2.05, 4.69) is 29.3 Å². The topological polar surface area (TPSA) is 3.24 Å². The number of nitrogens with zero attached hydrogens (tertiary/aromatic N) is 1. The average molecular weight is 352 g/mol. The summed E-state index contributed by atoms with van der Waals surface area (Å²) >= 11 is 2.04. The molecule has 0 spiro atoms. The van der Waals surface area contributed by atoms with Crippen molar-refractivity contribution >= 4 is 23.7 Å². The summed E-state index contributed by atoms with van der Waals surface area (Å²) in [7, 11) is 0. The normalized spacial score (nSPS) is 43.5. The van der Waals surface area contributed by atoms with Crippen LogP contribution >= 0.6 is 23.7 Å². The first-order valence-corrected chi connectivity index (χ1v) is 10.4. The zero-order valence-electron chi connectivity index (χ0n) is 14.2. The zero-order valence-corrected chi connectivity index (χ0v) is 15.9. The summed E-state index contributed by atoms with van der Waals surface area (Å²) in [6, 6.07) is 5.55. The molecule has 1 nitrogen and oxygen atoms in total. The second kappa shape index (κ2) is 6.04. The molecule has 4 atom stereocenters. The maximum absolute atomic E-state index is 2.85. The van der Waals surface area contributed by atoms with Crippen LogP contribution < -0.4 is 0 Å². The lowest BCUT2D eigenvalue weighted by Gasteiger charge is -2.64. The molecule has 23 heavy (non-hydrogen) atoms. The van der Waals surface area contributed by atoms with E-state index in [1.54, 1.807) is 11.3 Å². The van der Waals surface area contributed by atoms with Gasteiger partial charge in [-0.25, -0.2) is 0 Å². The smallest absolute Gasteiger partial charge is 0.0130 e. The lowest BCUT2D eigenvalue weighted by Crippen LogP contribution is -2.59. The van der Waals surface area contributed by atoms with Crippen LogP contribution in [0.3, 0.4) is 0 Å². The fourth-order valence-electron chi connectivity index (χ4n) is 7.18. The number of halogens is 1. The van der Waals surface area contributed by atoms with Crippen LogP contribution in [0.4, 0.5) is 0 Å². The molecule has 3 heteroatoms. The van der Waals surface area contributed by atoms with Crippen LogP contribution in [-0.2, 0) is 0 Å². The highest BCUT2D eigenvalue weighted by atomic mass is 35.5. The summed E-state index contributed by atoms with van der Waals surface area (Å²) in [4.78, 5) is 4.57. The van der Waals surface area contributed by atoms with Crippen LogP contribution in [0.5, 0.6) is 0 Å². The molecule has 4 aliphatic carbocycles. The van der Waals surface area contributed by atoms with Gasteiger partial charge in [-0.1, -0.05) is 6.07 Å². The Morgan fingerprint density at radius 1 is 1.13 bits per heavy atom. The Morgan fingerprint density at radius 3 is 2.43 bits per heavy atom. The van der Waals surface area contributed by atoms with Crippen molar-refractivity contribution in [2.24, 2.45) is 23.2 Å². The van der Waals surface area contributed by atoms with E-state index in [0.29, 0.717) is 5.41 Å². The van der Waals surface area contributed by atoms with Crippen molar-refractivity contribution in [3.8, 4) is 0 Å². The molecule has 0 N–H and O–H groups in total. The van der Waals surface area contributed by atoms with Gasteiger partial charge < -0.3 is 4.90 Å². The lowest BCUT2D eigenvalue weighted by atomic mass is 9.43. The minimum atomic E-state index is 0. The summed E-state index contributed by atoms with van der Waals surface area (Å²) in [5.41, 5.74) is 0.601. The van der Waals surface area contributed by atoms with Gasteiger partial charge in [-0.15, -0.1) is 23.7 Å². The van der Waals surface area contributed by atoms with Gasteiger partial charge in [0.1, 0.15) is 0 Å². The molecule has 128 valence electrons. The van der Waals surface area contributed by atoms with Gasteiger partial charge in [0, 0.05) is 16.8 Å². The third-order valence-corrected chi connectivity index (χ3v) is 8.69. The van der Waals surface area contributed by atoms with Gasteiger partial charge in [-0.3, -0.25) is 0 Å². The van der Waals surface area contributed by atoms with Crippen LogP contribution in [0.1, 0.15) is 62.7 Å². The van der Waals surface area contributed by atoms with E-state index in [-0.39, 0.29) is 12.4 Å². The molecule has 2 heterocycles. The molecule has 5 aliphatic rings. The van der Waals surface area contributed by atoms with Crippen molar-refractivity contribution in [2.75, 3.05) is 13.1 Å². The van der Waals surface area contributed by atoms with Gasteiger partial charge in [0.25, 0.3) is 0 Å². The second-order valence-corrected chi connectivity index (χ2v) is 9.73. The standard InChI is InChI=1S/C20H29NS.ClH/c1-14(21-6-2-3-7-21)20-12-15-9-16(13-20)11-17(10-15)19(20)18-5-4-8-22-18;/h4-5,8,14-17,19H,2-3,6-7,9-13H2,1H3;1H. The maximum atomic E-state index is 2.85. The Labute approximate surface area is 151 Å². The van der Waals surface area contributed by atoms with E-state index < -0.39 is 0 Å².